The maximum absolute atomic E-state index is 11.3. The van der Waals surface area contributed by atoms with Crippen LogP contribution in [0.3, 0.4) is 0 Å². The molecule has 0 aromatic carbocycles. The molecule has 1 amide bonds. The van der Waals surface area contributed by atoms with Gasteiger partial charge in [0.05, 0.1) is 16.6 Å². The minimum atomic E-state index is -0.908. The molecule has 0 spiro atoms. The van der Waals surface area contributed by atoms with Gasteiger partial charge in [0, 0.05) is 11.4 Å². The number of rotatable bonds is 5. The maximum Gasteiger partial charge on any atom is 0.305 e. The first kappa shape index (κ1) is 12.2. The van der Waals surface area contributed by atoms with Crippen LogP contribution in [0, 0.1) is 0 Å². The molecule has 0 bridgehead atoms. The average molecular weight is 292 g/mol. The summed E-state index contributed by atoms with van der Waals surface area (Å²) in [7, 11) is 0. The zero-order valence-corrected chi connectivity index (χ0v) is 10.2. The highest BCUT2D eigenvalue weighted by atomic mass is 79.9. The van der Waals surface area contributed by atoms with Gasteiger partial charge in [-0.15, -0.1) is 11.3 Å². The number of hydrogen-bond acceptors (Lipinski definition) is 3. The topological polar surface area (TPSA) is 66.4 Å². The summed E-state index contributed by atoms with van der Waals surface area (Å²) < 4.78 is 0.982. The second-order valence-electron chi connectivity index (χ2n) is 2.88. The first-order chi connectivity index (χ1) is 7.08. The molecule has 0 atom stereocenters. The Morgan fingerprint density at radius 2 is 2.20 bits per heavy atom. The molecular formula is C9H10BrNO3S. The summed E-state index contributed by atoms with van der Waals surface area (Å²) in [6.45, 7) is 0.181. The van der Waals surface area contributed by atoms with E-state index in [2.05, 4.69) is 21.2 Å². The predicted octanol–water partition coefficient (Wildman–Crippen LogP) is 1.64. The zero-order chi connectivity index (χ0) is 11.3. The monoisotopic (exact) mass is 291 g/mol. The van der Waals surface area contributed by atoms with Crippen LogP contribution in [0.25, 0.3) is 0 Å². The average Bonchev–Trinajstić information content (AvgIpc) is 2.50. The Labute approximate surface area is 99.4 Å². The summed E-state index contributed by atoms with van der Waals surface area (Å²) in [6.07, 6.45) is 0.260. The fourth-order valence-corrected chi connectivity index (χ4v) is 2.46. The summed E-state index contributed by atoms with van der Waals surface area (Å²) in [5.41, 5.74) is 0. The third kappa shape index (κ3) is 4.94. The van der Waals surface area contributed by atoms with E-state index in [1.54, 1.807) is 0 Å². The van der Waals surface area contributed by atoms with Gasteiger partial charge in [-0.05, 0) is 28.1 Å². The first-order valence-corrected chi connectivity index (χ1v) is 5.91. The Bertz CT molecular complexity index is 364. The van der Waals surface area contributed by atoms with E-state index in [0.717, 1.165) is 8.66 Å². The highest BCUT2D eigenvalue weighted by Gasteiger charge is 2.05. The Kier molecular flexibility index (Phi) is 4.77. The molecule has 1 aromatic heterocycles. The molecule has 0 aliphatic carbocycles. The molecule has 0 aliphatic rings. The van der Waals surface area contributed by atoms with Gasteiger partial charge in [0.1, 0.15) is 0 Å². The van der Waals surface area contributed by atoms with Crippen molar-refractivity contribution in [3.05, 3.63) is 20.8 Å². The Balaban J connectivity index is 2.27. The third-order valence-corrected chi connectivity index (χ3v) is 3.25. The van der Waals surface area contributed by atoms with Gasteiger partial charge in [-0.1, -0.05) is 0 Å². The summed E-state index contributed by atoms with van der Waals surface area (Å²) >= 11 is 4.80. The van der Waals surface area contributed by atoms with E-state index in [0.29, 0.717) is 6.42 Å². The van der Waals surface area contributed by atoms with Crippen molar-refractivity contribution in [2.45, 2.75) is 12.8 Å². The van der Waals surface area contributed by atoms with Crippen LogP contribution >= 0.6 is 27.3 Å². The number of hydrogen-bond donors (Lipinski definition) is 2. The van der Waals surface area contributed by atoms with Crippen LogP contribution in [0.5, 0.6) is 0 Å². The standard InChI is InChI=1S/C9H10BrNO3S/c10-7-2-1-6(15-7)5-8(12)11-4-3-9(13)14/h1-2H,3-5H2,(H,11,12)(H,13,14). The van der Waals surface area contributed by atoms with Crippen LogP contribution in [0.15, 0.2) is 15.9 Å². The number of carbonyl (C=O) groups is 2. The van der Waals surface area contributed by atoms with Crippen LogP contribution in [-0.2, 0) is 16.0 Å². The molecule has 0 aliphatic heterocycles. The van der Waals surface area contributed by atoms with Crippen LogP contribution in [-0.4, -0.2) is 23.5 Å². The molecule has 82 valence electrons. The van der Waals surface area contributed by atoms with Gasteiger partial charge in [0.15, 0.2) is 0 Å². The second-order valence-corrected chi connectivity index (χ2v) is 5.42. The Morgan fingerprint density at radius 3 is 2.73 bits per heavy atom. The number of aliphatic carboxylic acids is 1. The highest BCUT2D eigenvalue weighted by Crippen LogP contribution is 2.22. The molecule has 1 aromatic rings. The van der Waals surface area contributed by atoms with Crippen molar-refractivity contribution in [3.8, 4) is 0 Å². The van der Waals surface area contributed by atoms with Gasteiger partial charge >= 0.3 is 5.97 Å². The van der Waals surface area contributed by atoms with Gasteiger partial charge in [0.2, 0.25) is 5.91 Å². The predicted molar refractivity (Wildman–Crippen MR) is 61.0 cm³/mol. The molecule has 2 N–H and O–H groups in total. The molecule has 0 fully saturated rings. The number of thiophene rings is 1. The van der Waals surface area contributed by atoms with E-state index in [-0.39, 0.29) is 18.9 Å². The van der Waals surface area contributed by atoms with Crippen molar-refractivity contribution in [3.63, 3.8) is 0 Å². The van der Waals surface area contributed by atoms with Gasteiger partial charge in [-0.3, -0.25) is 9.59 Å². The van der Waals surface area contributed by atoms with Gasteiger partial charge in [-0.2, -0.15) is 0 Å². The normalized spacial score (nSPS) is 9.93. The number of carboxylic acid groups (broad SMARTS) is 1. The minimum absolute atomic E-state index is 0.0418. The van der Waals surface area contributed by atoms with E-state index in [1.807, 2.05) is 12.1 Å². The fraction of sp³-hybridized carbons (Fsp3) is 0.333. The number of nitrogens with one attached hydrogen (secondary N) is 1. The van der Waals surface area contributed by atoms with E-state index in [9.17, 15) is 9.59 Å². The lowest BCUT2D eigenvalue weighted by Crippen LogP contribution is -2.27. The molecule has 0 saturated heterocycles. The molecule has 0 saturated carbocycles. The summed E-state index contributed by atoms with van der Waals surface area (Å²) in [5.74, 6) is -1.06. The quantitative estimate of drug-likeness (QED) is 0.867. The van der Waals surface area contributed by atoms with Gasteiger partial charge < -0.3 is 10.4 Å². The van der Waals surface area contributed by atoms with Crippen molar-refractivity contribution < 1.29 is 14.7 Å². The number of halogens is 1. The first-order valence-electron chi connectivity index (χ1n) is 4.30. The van der Waals surface area contributed by atoms with Gasteiger partial charge in [-0.25, -0.2) is 0 Å². The third-order valence-electron chi connectivity index (χ3n) is 1.62. The van der Waals surface area contributed by atoms with Crippen LogP contribution in [0.2, 0.25) is 0 Å². The van der Waals surface area contributed by atoms with E-state index < -0.39 is 5.97 Å². The number of carbonyl (C=O) groups excluding carboxylic acids is 1. The second kappa shape index (κ2) is 5.87. The van der Waals surface area contributed by atoms with Crippen molar-refractivity contribution in [1.82, 2.24) is 5.32 Å². The molecular weight excluding hydrogens is 282 g/mol. The van der Waals surface area contributed by atoms with E-state index >= 15 is 0 Å². The largest absolute Gasteiger partial charge is 0.481 e. The van der Waals surface area contributed by atoms with Crippen molar-refractivity contribution in [2.75, 3.05) is 6.54 Å². The molecule has 6 heteroatoms. The summed E-state index contributed by atoms with van der Waals surface area (Å²) in [4.78, 5) is 22.4. The van der Waals surface area contributed by atoms with E-state index in [4.69, 9.17) is 5.11 Å². The lowest BCUT2D eigenvalue weighted by molar-refractivity contribution is -0.136. The molecule has 1 heterocycles. The SMILES string of the molecule is O=C(O)CCNC(=O)Cc1ccc(Br)s1. The number of carboxylic acids is 1. The van der Waals surface area contributed by atoms with Crippen molar-refractivity contribution in [1.29, 1.82) is 0 Å². The lowest BCUT2D eigenvalue weighted by Gasteiger charge is -2.01. The molecule has 4 nitrogen and oxygen atoms in total. The molecule has 0 unspecified atom stereocenters. The summed E-state index contributed by atoms with van der Waals surface area (Å²) in [6, 6.07) is 3.75. The fourth-order valence-electron chi connectivity index (χ4n) is 0.976. The molecule has 1 rings (SSSR count). The van der Waals surface area contributed by atoms with Crippen LogP contribution in [0.4, 0.5) is 0 Å². The highest BCUT2D eigenvalue weighted by molar-refractivity contribution is 9.11. The molecule has 15 heavy (non-hydrogen) atoms. The molecule has 0 radical (unpaired) electrons. The van der Waals surface area contributed by atoms with Gasteiger partial charge in [0.25, 0.3) is 0 Å². The minimum Gasteiger partial charge on any atom is -0.481 e. The Morgan fingerprint density at radius 1 is 1.47 bits per heavy atom. The van der Waals surface area contributed by atoms with Crippen LogP contribution < -0.4 is 5.32 Å². The number of amides is 1. The van der Waals surface area contributed by atoms with Crippen molar-refractivity contribution >= 4 is 39.1 Å². The lowest BCUT2D eigenvalue weighted by atomic mass is 10.3. The van der Waals surface area contributed by atoms with Crippen LogP contribution in [0.1, 0.15) is 11.3 Å². The summed E-state index contributed by atoms with van der Waals surface area (Å²) in [5, 5.41) is 10.9. The maximum atomic E-state index is 11.3. The smallest absolute Gasteiger partial charge is 0.305 e. The van der Waals surface area contributed by atoms with Crippen molar-refractivity contribution in [2.24, 2.45) is 0 Å². The zero-order valence-electron chi connectivity index (χ0n) is 7.83. The van der Waals surface area contributed by atoms with E-state index in [1.165, 1.54) is 11.3 Å². The Hall–Kier alpha value is -0.880.